The van der Waals surface area contributed by atoms with Crippen molar-refractivity contribution in [3.63, 3.8) is 0 Å². The Hall–Kier alpha value is -4.06. The number of carbonyl (C=O) groups is 1. The van der Waals surface area contributed by atoms with Crippen LogP contribution in [-0.4, -0.2) is 25.6 Å². The van der Waals surface area contributed by atoms with Gasteiger partial charge in [-0.05, 0) is 65.2 Å². The number of hydrogen-bond donors (Lipinski definition) is 2. The molecule has 5 rings (SSSR count). The fourth-order valence-corrected chi connectivity index (χ4v) is 4.43. The molecule has 0 aliphatic heterocycles. The van der Waals surface area contributed by atoms with E-state index in [2.05, 4.69) is 29.2 Å². The third-order valence-electron chi connectivity index (χ3n) is 5.81. The highest BCUT2D eigenvalue weighted by Gasteiger charge is 2.12. The van der Waals surface area contributed by atoms with Gasteiger partial charge in [-0.15, -0.1) is 0 Å². The Morgan fingerprint density at radius 1 is 0.972 bits per heavy atom. The van der Waals surface area contributed by atoms with E-state index in [0.29, 0.717) is 16.6 Å². The third-order valence-corrected chi connectivity index (χ3v) is 6.36. The fraction of sp³-hybridized carbons (Fsp3) is 0.0345. The zero-order valence-electron chi connectivity index (χ0n) is 19.0. The van der Waals surface area contributed by atoms with Crippen LogP contribution in [0, 0.1) is 0 Å². The molecule has 2 aromatic heterocycles. The first-order valence-corrected chi connectivity index (χ1v) is 12.0. The van der Waals surface area contributed by atoms with Gasteiger partial charge in [-0.3, -0.25) is 0 Å². The van der Waals surface area contributed by atoms with Gasteiger partial charge >= 0.3 is 5.97 Å². The smallest absolute Gasteiger partial charge is 0.335 e. The van der Waals surface area contributed by atoms with Crippen molar-refractivity contribution < 1.29 is 9.90 Å². The Bertz CT molecular complexity index is 1530. The first-order valence-electron chi connectivity index (χ1n) is 11.2. The van der Waals surface area contributed by atoms with Crippen LogP contribution in [0.4, 0.5) is 0 Å². The summed E-state index contributed by atoms with van der Waals surface area (Å²) in [5.41, 5.74) is 5.93. The van der Waals surface area contributed by atoms with Gasteiger partial charge in [0.1, 0.15) is 5.82 Å². The molecule has 0 unspecified atom stereocenters. The quantitative estimate of drug-likeness (QED) is 0.233. The maximum Gasteiger partial charge on any atom is 0.335 e. The summed E-state index contributed by atoms with van der Waals surface area (Å²) >= 11 is 12.5. The lowest BCUT2D eigenvalue weighted by molar-refractivity contribution is 0.0697. The summed E-state index contributed by atoms with van der Waals surface area (Å²) in [7, 11) is 0. The molecule has 5 aromatic rings. The summed E-state index contributed by atoms with van der Waals surface area (Å²) in [5, 5.41) is 10.3. The highest BCUT2D eigenvalue weighted by Crippen LogP contribution is 2.30. The van der Waals surface area contributed by atoms with Crippen molar-refractivity contribution in [1.29, 1.82) is 0 Å². The van der Waals surface area contributed by atoms with E-state index in [9.17, 15) is 9.90 Å². The number of aromatic nitrogens is 3. The molecule has 5 nitrogen and oxygen atoms in total. The molecule has 0 fully saturated rings. The zero-order valence-corrected chi connectivity index (χ0v) is 20.5. The summed E-state index contributed by atoms with van der Waals surface area (Å²) in [5.74, 6) is -0.207. The number of aromatic carboxylic acids is 1. The maximum absolute atomic E-state index is 11.2. The minimum atomic E-state index is -0.949. The van der Waals surface area contributed by atoms with Crippen LogP contribution in [0.5, 0.6) is 0 Å². The minimum Gasteiger partial charge on any atom is -0.478 e. The fourth-order valence-electron chi connectivity index (χ4n) is 3.92. The highest BCUT2D eigenvalue weighted by molar-refractivity contribution is 6.36. The Morgan fingerprint density at radius 2 is 1.75 bits per heavy atom. The number of nitrogens with zero attached hydrogens (tertiary/aromatic N) is 2. The molecule has 36 heavy (non-hydrogen) atoms. The molecule has 2 N–H and O–H groups in total. The number of H-pyrrole nitrogens is 1. The molecule has 0 bridgehead atoms. The van der Waals surface area contributed by atoms with Crippen molar-refractivity contribution >= 4 is 41.3 Å². The van der Waals surface area contributed by atoms with Gasteiger partial charge in [0, 0.05) is 35.2 Å². The second kappa shape index (κ2) is 10.3. The largest absolute Gasteiger partial charge is 0.478 e. The van der Waals surface area contributed by atoms with Crippen LogP contribution in [0.2, 0.25) is 10.0 Å². The van der Waals surface area contributed by atoms with Gasteiger partial charge in [0.15, 0.2) is 0 Å². The lowest BCUT2D eigenvalue weighted by Gasteiger charge is -2.06. The summed E-state index contributed by atoms with van der Waals surface area (Å²) in [6, 6.07) is 24.4. The molecule has 0 saturated carbocycles. The number of hydrogen-bond acceptors (Lipinski definition) is 2. The second-order valence-electron chi connectivity index (χ2n) is 8.28. The Labute approximate surface area is 218 Å². The van der Waals surface area contributed by atoms with Crippen molar-refractivity contribution in [2.45, 2.75) is 6.54 Å². The third kappa shape index (κ3) is 5.28. The van der Waals surface area contributed by atoms with Crippen molar-refractivity contribution in [1.82, 2.24) is 14.5 Å². The van der Waals surface area contributed by atoms with Crippen LogP contribution in [0.15, 0.2) is 91.3 Å². The maximum atomic E-state index is 11.2. The molecule has 0 atom stereocenters. The molecular weight excluding hydrogens is 493 g/mol. The molecule has 0 amide bonds. The van der Waals surface area contributed by atoms with Crippen molar-refractivity contribution in [2.75, 3.05) is 0 Å². The first-order chi connectivity index (χ1) is 17.5. The van der Waals surface area contributed by atoms with Crippen LogP contribution in [0.3, 0.4) is 0 Å². The average Bonchev–Trinajstić information content (AvgIpc) is 3.54. The minimum absolute atomic E-state index is 0.251. The summed E-state index contributed by atoms with van der Waals surface area (Å²) in [6.45, 7) is 0.517. The van der Waals surface area contributed by atoms with Crippen LogP contribution >= 0.6 is 23.2 Å². The highest BCUT2D eigenvalue weighted by atomic mass is 35.5. The van der Waals surface area contributed by atoms with Crippen LogP contribution in [0.1, 0.15) is 27.3 Å². The first kappa shape index (κ1) is 23.7. The van der Waals surface area contributed by atoms with Crippen molar-refractivity contribution in [3.8, 4) is 22.5 Å². The number of carboxylic acid groups (broad SMARTS) is 1. The molecule has 2 heterocycles. The molecule has 0 saturated heterocycles. The van der Waals surface area contributed by atoms with Gasteiger partial charge in [0.05, 0.1) is 16.3 Å². The van der Waals surface area contributed by atoms with E-state index in [1.807, 2.05) is 59.4 Å². The SMILES string of the molecule is O=C(O)c1ccc(Cn2cc(-c3ccc(Cl)cc3Cl)nc2/C=C/c2ccc(-c3ccc[nH]3)cc2)cc1. The van der Waals surface area contributed by atoms with E-state index in [1.165, 1.54) is 0 Å². The van der Waals surface area contributed by atoms with Crippen LogP contribution < -0.4 is 0 Å². The predicted molar refractivity (Wildman–Crippen MR) is 145 cm³/mol. The molecule has 3 aromatic carbocycles. The van der Waals surface area contributed by atoms with Gasteiger partial charge in [-0.2, -0.15) is 0 Å². The molecule has 0 radical (unpaired) electrons. The zero-order chi connectivity index (χ0) is 25.1. The Balaban J connectivity index is 1.47. The summed E-state index contributed by atoms with van der Waals surface area (Å²) in [6.07, 6.45) is 7.82. The topological polar surface area (TPSA) is 70.9 Å². The number of rotatable bonds is 7. The van der Waals surface area contributed by atoms with Crippen molar-refractivity contribution in [2.24, 2.45) is 0 Å². The lowest BCUT2D eigenvalue weighted by atomic mass is 10.1. The van der Waals surface area contributed by atoms with Crippen LogP contribution in [0.25, 0.3) is 34.7 Å². The Kier molecular flexibility index (Phi) is 6.76. The number of imidazole rings is 1. The average molecular weight is 514 g/mol. The van der Waals surface area contributed by atoms with E-state index in [0.717, 1.165) is 39.5 Å². The van der Waals surface area contributed by atoms with Crippen molar-refractivity contribution in [3.05, 3.63) is 124 Å². The summed E-state index contributed by atoms with van der Waals surface area (Å²) in [4.78, 5) is 19.3. The molecule has 0 spiro atoms. The van der Waals surface area contributed by atoms with Crippen LogP contribution in [-0.2, 0) is 6.54 Å². The standard InChI is InChI=1S/C29H21Cl2N3O2/c30-23-12-13-24(25(31)16-23)27-18-34(17-20-5-10-22(11-6-20)29(35)36)28(33-27)14-7-19-3-8-21(9-4-19)26-2-1-15-32-26/h1-16,18,32H,17H2,(H,35,36)/b14-7+. The number of halogens is 2. The number of carboxylic acids is 1. The van der Waals surface area contributed by atoms with E-state index >= 15 is 0 Å². The summed E-state index contributed by atoms with van der Waals surface area (Å²) < 4.78 is 2.01. The van der Waals surface area contributed by atoms with E-state index in [-0.39, 0.29) is 5.56 Å². The predicted octanol–water partition coefficient (Wildman–Crippen LogP) is 7.77. The van der Waals surface area contributed by atoms with E-state index in [4.69, 9.17) is 28.2 Å². The van der Waals surface area contributed by atoms with Gasteiger partial charge in [-0.1, -0.05) is 65.7 Å². The molecular formula is C29H21Cl2N3O2. The van der Waals surface area contributed by atoms with Gasteiger partial charge in [0.2, 0.25) is 0 Å². The molecule has 178 valence electrons. The number of aromatic amines is 1. The Morgan fingerprint density at radius 3 is 2.42 bits per heavy atom. The van der Waals surface area contributed by atoms with Gasteiger partial charge in [0.25, 0.3) is 0 Å². The number of nitrogens with one attached hydrogen (secondary N) is 1. The normalized spacial score (nSPS) is 11.3. The van der Waals surface area contributed by atoms with E-state index in [1.54, 1.807) is 24.3 Å². The molecule has 7 heteroatoms. The van der Waals surface area contributed by atoms with E-state index < -0.39 is 5.97 Å². The van der Waals surface area contributed by atoms with Gasteiger partial charge in [-0.25, -0.2) is 9.78 Å². The monoisotopic (exact) mass is 513 g/mol. The molecule has 0 aliphatic carbocycles. The second-order valence-corrected chi connectivity index (χ2v) is 9.12. The lowest BCUT2D eigenvalue weighted by Crippen LogP contribution is -2.02. The number of benzene rings is 3. The van der Waals surface area contributed by atoms with Gasteiger partial charge < -0.3 is 14.7 Å². The molecule has 0 aliphatic rings.